The molecule has 0 radical (unpaired) electrons. The zero-order chi connectivity index (χ0) is 48.5. The number of hydrogen-bond donors (Lipinski definition) is 0. The quantitative estimate of drug-likeness (QED) is 0.164. The van der Waals surface area contributed by atoms with Crippen molar-refractivity contribution in [3.05, 3.63) is 324 Å². The van der Waals surface area contributed by atoms with E-state index in [1.54, 1.807) is 0 Å². The fourth-order valence-electron chi connectivity index (χ4n) is 14.0. The molecule has 1 spiro atoms. The second-order valence-corrected chi connectivity index (χ2v) is 20.3. The van der Waals surface area contributed by atoms with Crippen molar-refractivity contribution in [2.75, 3.05) is 9.80 Å². The van der Waals surface area contributed by atoms with Crippen molar-refractivity contribution in [3.63, 3.8) is 0 Å². The van der Waals surface area contributed by atoms with Crippen LogP contribution in [0.2, 0.25) is 0 Å². The summed E-state index contributed by atoms with van der Waals surface area (Å²) >= 11 is 0. The molecule has 0 atom stereocenters. The van der Waals surface area contributed by atoms with Gasteiger partial charge in [0.1, 0.15) is 0 Å². The lowest BCUT2D eigenvalue weighted by molar-refractivity contribution is 0.768. The Kier molecular flexibility index (Phi) is 8.62. The Hall–Kier alpha value is -9.50. The van der Waals surface area contributed by atoms with Crippen molar-refractivity contribution in [3.8, 4) is 44.5 Å². The Bertz CT molecular complexity index is 4160. The molecular weight excluding hydrogens is 893 g/mol. The summed E-state index contributed by atoms with van der Waals surface area (Å²) in [6.45, 7) is 0. The van der Waals surface area contributed by atoms with Crippen LogP contribution in [0.3, 0.4) is 0 Å². The summed E-state index contributed by atoms with van der Waals surface area (Å²) in [6.07, 6.45) is 0. The molecule has 344 valence electrons. The summed E-state index contributed by atoms with van der Waals surface area (Å²) in [5, 5.41) is 2.52. The first-order valence-electron chi connectivity index (χ1n) is 25.8. The highest BCUT2D eigenvalue weighted by Gasteiger charge is 2.52. The maximum Gasteiger partial charge on any atom is 0.0726 e. The smallest absolute Gasteiger partial charge is 0.0726 e. The highest BCUT2D eigenvalue weighted by Crippen LogP contribution is 2.64. The molecule has 0 saturated heterocycles. The van der Waals surface area contributed by atoms with Crippen LogP contribution in [0.15, 0.2) is 279 Å². The van der Waals surface area contributed by atoms with Gasteiger partial charge in [0.05, 0.1) is 22.2 Å². The van der Waals surface area contributed by atoms with Gasteiger partial charge >= 0.3 is 0 Å². The molecule has 0 fully saturated rings. The fraction of sp³-hybridized carbons (Fsp3) is 0.0278. The molecule has 0 aromatic heterocycles. The van der Waals surface area contributed by atoms with Crippen LogP contribution < -0.4 is 9.80 Å². The first-order valence-corrected chi connectivity index (χ1v) is 25.8. The van der Waals surface area contributed by atoms with E-state index in [9.17, 15) is 0 Å². The van der Waals surface area contributed by atoms with Crippen LogP contribution >= 0.6 is 0 Å². The van der Waals surface area contributed by atoms with Gasteiger partial charge in [-0.1, -0.05) is 218 Å². The molecule has 12 aromatic rings. The maximum absolute atomic E-state index is 2.51. The predicted molar refractivity (Wildman–Crippen MR) is 306 cm³/mol. The molecule has 1 aliphatic heterocycles. The van der Waals surface area contributed by atoms with E-state index in [-0.39, 0.29) is 0 Å². The van der Waals surface area contributed by atoms with E-state index in [0.29, 0.717) is 0 Å². The highest BCUT2D eigenvalue weighted by atomic mass is 15.2. The van der Waals surface area contributed by atoms with Crippen molar-refractivity contribution >= 4 is 44.9 Å². The van der Waals surface area contributed by atoms with Gasteiger partial charge in [0, 0.05) is 33.7 Å². The van der Waals surface area contributed by atoms with Gasteiger partial charge in [-0.3, -0.25) is 0 Å². The van der Waals surface area contributed by atoms with Crippen molar-refractivity contribution in [2.45, 2.75) is 10.8 Å². The molecular formula is C72H46N2. The molecule has 4 aliphatic rings. The Labute approximate surface area is 431 Å². The summed E-state index contributed by atoms with van der Waals surface area (Å²) in [7, 11) is 0. The van der Waals surface area contributed by atoms with Crippen molar-refractivity contribution < 1.29 is 0 Å². The Morgan fingerprint density at radius 3 is 1.26 bits per heavy atom. The monoisotopic (exact) mass is 938 g/mol. The van der Waals surface area contributed by atoms with E-state index in [1.807, 2.05) is 0 Å². The van der Waals surface area contributed by atoms with Gasteiger partial charge in [-0.25, -0.2) is 0 Å². The Morgan fingerprint density at radius 2 is 0.676 bits per heavy atom. The molecule has 0 amide bonds. The van der Waals surface area contributed by atoms with Gasteiger partial charge in [0.15, 0.2) is 0 Å². The molecule has 0 saturated carbocycles. The number of rotatable bonds is 6. The SMILES string of the molecule is c1ccc(N(c2ccc3c(c2)C(c2ccccc2)(c2ccccc2)c2cc(N4c5ccccc5-c5cccc6cccc4c56)ccc2-3)c2ccc3c(c2)C2(c4ccccc4-c4ccccc42)c2ccccc2-3)cc1. The van der Waals surface area contributed by atoms with E-state index in [1.165, 1.54) is 111 Å². The molecule has 74 heavy (non-hydrogen) atoms. The van der Waals surface area contributed by atoms with E-state index < -0.39 is 10.8 Å². The summed E-state index contributed by atoms with van der Waals surface area (Å²) in [5.41, 5.74) is 26.2. The van der Waals surface area contributed by atoms with Gasteiger partial charge in [0.25, 0.3) is 0 Å². The number of anilines is 6. The first-order chi connectivity index (χ1) is 36.7. The topological polar surface area (TPSA) is 6.48 Å². The van der Waals surface area contributed by atoms with Crippen LogP contribution in [0.4, 0.5) is 34.1 Å². The number of para-hydroxylation sites is 2. The van der Waals surface area contributed by atoms with Gasteiger partial charge < -0.3 is 9.80 Å². The number of fused-ring (bicyclic) bond motifs is 15. The standard InChI is InChI=1S/C72H46N2/c1-4-22-48(23-5-1)71(49-24-6-2-7-25-49)65-44-51(39-42-58(65)59-43-40-53(46-66(59)71)74-68-36-17-13-31-60(68)61-32-18-20-47-21-19-37-69(74)70(47)61)73(50-26-8-3-9-27-50)52-38-41-57-56-30-12-16-35-64(56)72(67(57)45-52)62-33-14-10-28-54(62)55-29-11-15-34-63(55)72/h1-46H. The van der Waals surface area contributed by atoms with E-state index >= 15 is 0 Å². The number of hydrogen-bond acceptors (Lipinski definition) is 2. The molecule has 2 heteroatoms. The molecule has 0 unspecified atom stereocenters. The van der Waals surface area contributed by atoms with Gasteiger partial charge in [-0.15, -0.1) is 0 Å². The normalized spacial score (nSPS) is 14.1. The van der Waals surface area contributed by atoms with Crippen LogP contribution in [-0.2, 0) is 10.8 Å². The van der Waals surface area contributed by atoms with E-state index in [2.05, 4.69) is 289 Å². The number of nitrogens with zero attached hydrogens (tertiary/aromatic N) is 2. The largest absolute Gasteiger partial charge is 0.310 e. The lowest BCUT2D eigenvalue weighted by atomic mass is 9.67. The van der Waals surface area contributed by atoms with Gasteiger partial charge in [-0.05, 0) is 150 Å². The summed E-state index contributed by atoms with van der Waals surface area (Å²) in [5.74, 6) is 0. The van der Waals surface area contributed by atoms with Crippen molar-refractivity contribution in [1.82, 2.24) is 0 Å². The average molecular weight is 939 g/mol. The average Bonchev–Trinajstić information content (AvgIpc) is 4.06. The highest BCUT2D eigenvalue weighted by molar-refractivity contribution is 6.14. The second-order valence-electron chi connectivity index (χ2n) is 20.3. The zero-order valence-electron chi connectivity index (χ0n) is 40.5. The van der Waals surface area contributed by atoms with Crippen LogP contribution in [0.5, 0.6) is 0 Å². The fourth-order valence-corrected chi connectivity index (χ4v) is 14.0. The molecule has 12 aromatic carbocycles. The van der Waals surface area contributed by atoms with E-state index in [0.717, 1.165) is 22.7 Å². The zero-order valence-corrected chi connectivity index (χ0v) is 40.5. The van der Waals surface area contributed by atoms with Crippen LogP contribution in [0.1, 0.15) is 44.5 Å². The molecule has 3 aliphatic carbocycles. The lowest BCUT2D eigenvalue weighted by Gasteiger charge is -2.37. The molecule has 0 bridgehead atoms. The Morgan fingerprint density at radius 1 is 0.257 bits per heavy atom. The van der Waals surface area contributed by atoms with Crippen LogP contribution in [-0.4, -0.2) is 0 Å². The molecule has 1 heterocycles. The second kappa shape index (κ2) is 15.5. The van der Waals surface area contributed by atoms with Crippen molar-refractivity contribution in [2.24, 2.45) is 0 Å². The third-order valence-corrected chi connectivity index (χ3v) is 16.8. The van der Waals surface area contributed by atoms with Gasteiger partial charge in [-0.2, -0.15) is 0 Å². The summed E-state index contributed by atoms with van der Waals surface area (Å²) < 4.78 is 0. The molecule has 0 N–H and O–H groups in total. The van der Waals surface area contributed by atoms with Crippen LogP contribution in [0.25, 0.3) is 55.3 Å². The third kappa shape index (κ3) is 5.39. The van der Waals surface area contributed by atoms with E-state index in [4.69, 9.17) is 0 Å². The minimum atomic E-state index is -0.665. The predicted octanol–water partition coefficient (Wildman–Crippen LogP) is 18.5. The van der Waals surface area contributed by atoms with Crippen LogP contribution in [0, 0.1) is 0 Å². The molecule has 2 nitrogen and oxygen atoms in total. The third-order valence-electron chi connectivity index (χ3n) is 16.8. The minimum Gasteiger partial charge on any atom is -0.310 e. The van der Waals surface area contributed by atoms with Gasteiger partial charge in [0.2, 0.25) is 0 Å². The van der Waals surface area contributed by atoms with Crippen molar-refractivity contribution in [1.29, 1.82) is 0 Å². The molecule has 16 rings (SSSR count). The summed E-state index contributed by atoms with van der Waals surface area (Å²) in [4.78, 5) is 4.99. The lowest BCUT2D eigenvalue weighted by Crippen LogP contribution is -2.29. The number of benzene rings is 12. The Balaban J connectivity index is 0.936. The first kappa shape index (κ1) is 41.2. The minimum absolute atomic E-state index is 0.465. The summed E-state index contributed by atoms with van der Waals surface area (Å²) in [6, 6.07) is 105. The maximum atomic E-state index is 2.51.